The fraction of sp³-hybridized carbons (Fsp3) is 0.706. The topological polar surface area (TPSA) is 55.4 Å². The van der Waals surface area contributed by atoms with Gasteiger partial charge in [0.25, 0.3) is 0 Å². The van der Waals surface area contributed by atoms with Crippen molar-refractivity contribution in [3.05, 3.63) is 97.1 Å². The first-order chi connectivity index (χ1) is 53.5. The molecule has 0 fully saturated rings. The van der Waals surface area contributed by atoms with Gasteiger partial charge in [0.05, 0.1) is 39.6 Å². The molecule has 0 bridgehead atoms. The van der Waals surface area contributed by atoms with Gasteiger partial charge in [0.15, 0.2) is 23.0 Å². The maximum absolute atomic E-state index is 6.84. The number of hydrogen-bond acceptors (Lipinski definition) is 6. The highest BCUT2D eigenvalue weighted by molar-refractivity contribution is 5.77. The van der Waals surface area contributed by atoms with Crippen molar-refractivity contribution in [3.8, 4) is 79.0 Å². The molecule has 610 valence electrons. The van der Waals surface area contributed by atoms with Crippen molar-refractivity contribution in [2.45, 2.75) is 427 Å². The molecule has 0 atom stereocenters. The molecule has 6 heteroatoms. The van der Waals surface area contributed by atoms with Crippen molar-refractivity contribution < 1.29 is 28.4 Å². The summed E-state index contributed by atoms with van der Waals surface area (Å²) in [7, 11) is 0. The van der Waals surface area contributed by atoms with Crippen molar-refractivity contribution in [1.29, 1.82) is 0 Å². The van der Waals surface area contributed by atoms with E-state index in [2.05, 4.69) is 139 Å². The number of rotatable bonds is 76. The SMILES string of the molecule is CCCCCCCCCCCCOc1cc(-c2ccc(-c3ccc(-c4ccc(-c5cc(OCCCCCCCCCCCC)c(OCCCCCCCCCCCC)c(OCCCCCCCCCCCC)c5)cc4)cc3)cc2)cc(OCCCCCCCCCCCC)c1OCCCCCCCCCCCC. The molecule has 0 saturated carbocycles. The Balaban J connectivity index is 1.34. The molecule has 0 N–H and O–H groups in total. The molecule has 0 spiro atoms. The van der Waals surface area contributed by atoms with Gasteiger partial charge in [0.2, 0.25) is 11.5 Å². The van der Waals surface area contributed by atoms with E-state index in [0.29, 0.717) is 39.6 Å². The van der Waals surface area contributed by atoms with Gasteiger partial charge >= 0.3 is 0 Å². The van der Waals surface area contributed by atoms with Crippen LogP contribution in [0.2, 0.25) is 0 Å². The minimum atomic E-state index is 0.675. The Bertz CT molecular complexity index is 2530. The second-order valence-corrected chi connectivity index (χ2v) is 32.5. The average molecular weight is 1490 g/mol. The highest BCUT2D eigenvalue weighted by Gasteiger charge is 2.20. The summed E-state index contributed by atoms with van der Waals surface area (Å²) < 4.78 is 41.0. The summed E-state index contributed by atoms with van der Waals surface area (Å²) in [5, 5.41) is 0. The lowest BCUT2D eigenvalue weighted by atomic mass is 9.96. The molecule has 0 radical (unpaired) electrons. The molecular weight excluding hydrogens is 1320 g/mol. The normalized spacial score (nSPS) is 11.5. The Morgan fingerprint density at radius 1 is 0.139 bits per heavy atom. The Labute approximate surface area is 667 Å². The first-order valence-electron chi connectivity index (χ1n) is 47.0. The number of benzene rings is 5. The van der Waals surface area contributed by atoms with Crippen LogP contribution in [-0.2, 0) is 0 Å². The van der Waals surface area contributed by atoms with Crippen LogP contribution < -0.4 is 28.4 Å². The molecular formula is C102H166O6. The molecule has 0 amide bonds. The third-order valence-electron chi connectivity index (χ3n) is 22.5. The van der Waals surface area contributed by atoms with Crippen LogP contribution in [0.25, 0.3) is 44.5 Å². The molecule has 0 heterocycles. The van der Waals surface area contributed by atoms with E-state index in [1.165, 1.54) is 369 Å². The summed E-state index contributed by atoms with van der Waals surface area (Å²) in [6, 6.07) is 36.3. The largest absolute Gasteiger partial charge is 0.490 e. The maximum Gasteiger partial charge on any atom is 0.203 e. The van der Waals surface area contributed by atoms with E-state index in [-0.39, 0.29) is 0 Å². The molecule has 5 aromatic carbocycles. The minimum absolute atomic E-state index is 0.675. The van der Waals surface area contributed by atoms with Crippen LogP contribution in [0.3, 0.4) is 0 Å². The third-order valence-corrected chi connectivity index (χ3v) is 22.5. The van der Waals surface area contributed by atoms with Gasteiger partial charge in [-0.15, -0.1) is 0 Å². The Hall–Kier alpha value is -5.10. The van der Waals surface area contributed by atoms with Crippen LogP contribution in [0.1, 0.15) is 427 Å². The van der Waals surface area contributed by atoms with Crippen LogP contribution >= 0.6 is 0 Å². The zero-order chi connectivity index (χ0) is 76.3. The highest BCUT2D eigenvalue weighted by atomic mass is 16.5. The fourth-order valence-corrected chi connectivity index (χ4v) is 15.4. The summed E-state index contributed by atoms with van der Waals surface area (Å²) in [5.74, 6) is 4.86. The monoisotopic (exact) mass is 1490 g/mol. The molecule has 5 rings (SSSR count). The lowest BCUT2D eigenvalue weighted by Gasteiger charge is -2.19. The molecule has 108 heavy (non-hydrogen) atoms. The van der Waals surface area contributed by atoms with E-state index < -0.39 is 0 Å². The van der Waals surface area contributed by atoms with Crippen LogP contribution in [-0.4, -0.2) is 39.6 Å². The van der Waals surface area contributed by atoms with Gasteiger partial charge in [0, 0.05) is 0 Å². The van der Waals surface area contributed by atoms with E-state index in [9.17, 15) is 0 Å². The summed E-state index contributed by atoms with van der Waals surface area (Å²) in [5.41, 5.74) is 9.29. The van der Waals surface area contributed by atoms with Gasteiger partial charge in [-0.05, 0) is 107 Å². The van der Waals surface area contributed by atoms with Gasteiger partial charge in [-0.1, -0.05) is 461 Å². The molecule has 0 saturated heterocycles. The Kier molecular flexibility index (Phi) is 57.6. The van der Waals surface area contributed by atoms with Crippen molar-refractivity contribution in [3.63, 3.8) is 0 Å². The van der Waals surface area contributed by atoms with Crippen molar-refractivity contribution >= 4 is 0 Å². The van der Waals surface area contributed by atoms with E-state index in [1.807, 2.05) is 0 Å². The molecule has 0 unspecified atom stereocenters. The van der Waals surface area contributed by atoms with Gasteiger partial charge < -0.3 is 28.4 Å². The smallest absolute Gasteiger partial charge is 0.203 e. The van der Waals surface area contributed by atoms with Crippen molar-refractivity contribution in [1.82, 2.24) is 0 Å². The van der Waals surface area contributed by atoms with Crippen LogP contribution in [0, 0.1) is 0 Å². The van der Waals surface area contributed by atoms with E-state index in [0.717, 1.165) is 95.3 Å². The first-order valence-corrected chi connectivity index (χ1v) is 47.0. The summed E-state index contributed by atoms with van der Waals surface area (Å²) in [6.45, 7) is 17.9. The molecule has 5 aromatic rings. The number of ether oxygens (including phenoxy) is 6. The zero-order valence-corrected chi connectivity index (χ0v) is 71.4. The van der Waals surface area contributed by atoms with Crippen molar-refractivity contribution in [2.75, 3.05) is 39.6 Å². The van der Waals surface area contributed by atoms with E-state index >= 15 is 0 Å². The van der Waals surface area contributed by atoms with Crippen LogP contribution in [0.4, 0.5) is 0 Å². The van der Waals surface area contributed by atoms with Gasteiger partial charge in [0.1, 0.15) is 0 Å². The quantitative estimate of drug-likeness (QED) is 0.0362. The van der Waals surface area contributed by atoms with Crippen molar-refractivity contribution in [2.24, 2.45) is 0 Å². The summed E-state index contributed by atoms with van der Waals surface area (Å²) >= 11 is 0. The Morgan fingerprint density at radius 3 is 0.407 bits per heavy atom. The van der Waals surface area contributed by atoms with Gasteiger partial charge in [-0.2, -0.15) is 0 Å². The molecule has 0 aliphatic carbocycles. The zero-order valence-electron chi connectivity index (χ0n) is 71.4. The first kappa shape index (κ1) is 93.5. The number of unbranched alkanes of at least 4 members (excludes halogenated alkanes) is 54. The lowest BCUT2D eigenvalue weighted by Crippen LogP contribution is -2.07. The second kappa shape index (κ2) is 66.5. The summed E-state index contributed by atoms with van der Waals surface area (Å²) in [6.07, 6.45) is 78.0. The molecule has 0 aliphatic rings. The lowest BCUT2D eigenvalue weighted by molar-refractivity contribution is 0.234. The predicted molar refractivity (Wildman–Crippen MR) is 472 cm³/mol. The minimum Gasteiger partial charge on any atom is -0.490 e. The van der Waals surface area contributed by atoms with Gasteiger partial charge in [-0.3, -0.25) is 0 Å². The number of hydrogen-bond donors (Lipinski definition) is 0. The average Bonchev–Trinajstić information content (AvgIpc) is 0.806. The maximum atomic E-state index is 6.84. The standard InChI is InChI=1S/C102H166O6/c1-7-13-19-25-31-37-43-49-55-61-79-103-97-85-95(86-98(104-80-62-56-50-44-38-32-26-20-14-8-2)101(97)107-83-65-59-53-47-41-35-29-23-17-11-5)93-75-71-91(72-76-93)89-67-69-90(70-68-89)92-73-77-94(78-74-92)96-87-99(105-81-63-57-51-45-39-33-27-21-15-9-3)102(108-84-66-60-54-48-42-36-30-24-18-12-6)100(88-96)106-82-64-58-52-46-40-34-28-22-16-10-4/h67-78,85-88H,7-66,79-84H2,1-6H3. The Morgan fingerprint density at radius 2 is 0.259 bits per heavy atom. The van der Waals surface area contributed by atoms with E-state index in [4.69, 9.17) is 28.4 Å². The highest BCUT2D eigenvalue weighted by Crippen LogP contribution is 2.45. The summed E-state index contributed by atoms with van der Waals surface area (Å²) in [4.78, 5) is 0. The van der Waals surface area contributed by atoms with Gasteiger partial charge in [-0.25, -0.2) is 0 Å². The molecule has 6 nitrogen and oxygen atoms in total. The predicted octanol–water partition coefficient (Wildman–Crippen LogP) is 34.2. The molecule has 0 aromatic heterocycles. The van der Waals surface area contributed by atoms with Crippen LogP contribution in [0.15, 0.2) is 97.1 Å². The van der Waals surface area contributed by atoms with Crippen LogP contribution in [0.5, 0.6) is 34.5 Å². The second-order valence-electron chi connectivity index (χ2n) is 32.5. The fourth-order valence-electron chi connectivity index (χ4n) is 15.4. The van der Waals surface area contributed by atoms with E-state index in [1.54, 1.807) is 0 Å². The third kappa shape index (κ3) is 44.2. The molecule has 0 aliphatic heterocycles.